The van der Waals surface area contributed by atoms with Crippen molar-refractivity contribution in [3.8, 4) is 5.75 Å². The monoisotopic (exact) mass is 275 g/mol. The van der Waals surface area contributed by atoms with E-state index in [4.69, 9.17) is 22.1 Å². The molecular weight excluding hydrogens is 258 g/mol. The van der Waals surface area contributed by atoms with Gasteiger partial charge in [0.05, 0.1) is 13.2 Å². The molecule has 0 aliphatic rings. The Morgan fingerprint density at radius 1 is 1.11 bits per heavy atom. The Balaban J connectivity index is 2.52. The summed E-state index contributed by atoms with van der Waals surface area (Å²) in [6, 6.07) is 11.6. The Hall–Kier alpha value is -1.51. The Morgan fingerprint density at radius 2 is 1.84 bits per heavy atom. The van der Waals surface area contributed by atoms with Gasteiger partial charge in [0.2, 0.25) is 0 Å². The summed E-state index contributed by atoms with van der Waals surface area (Å²) in [5, 5.41) is 0.721. The van der Waals surface area contributed by atoms with E-state index in [-0.39, 0.29) is 6.04 Å². The van der Waals surface area contributed by atoms with Gasteiger partial charge < -0.3 is 10.5 Å². The molecule has 2 aromatic rings. The van der Waals surface area contributed by atoms with E-state index in [2.05, 4.69) is 0 Å². The Bertz CT molecular complexity index is 595. The first-order chi connectivity index (χ1) is 9.04. The molecular formula is C16H18ClNO. The summed E-state index contributed by atoms with van der Waals surface area (Å²) in [6.45, 7) is 4.01. The SMILES string of the molecule is COc1ccc(C)cc1C(N)c1cccc(C)c1Cl. The number of rotatable bonds is 3. The Kier molecular flexibility index (Phi) is 4.13. The van der Waals surface area contributed by atoms with Gasteiger partial charge in [-0.2, -0.15) is 0 Å². The van der Waals surface area contributed by atoms with Crippen LogP contribution in [0.3, 0.4) is 0 Å². The molecule has 0 amide bonds. The third kappa shape index (κ3) is 2.75. The molecule has 3 heteroatoms. The van der Waals surface area contributed by atoms with E-state index >= 15 is 0 Å². The van der Waals surface area contributed by atoms with Crippen LogP contribution in [-0.4, -0.2) is 7.11 Å². The summed E-state index contributed by atoms with van der Waals surface area (Å²) in [5.74, 6) is 0.788. The third-order valence-corrected chi connectivity index (χ3v) is 3.79. The lowest BCUT2D eigenvalue weighted by Gasteiger charge is -2.18. The Morgan fingerprint density at radius 3 is 2.53 bits per heavy atom. The molecule has 1 unspecified atom stereocenters. The van der Waals surface area contributed by atoms with E-state index in [9.17, 15) is 0 Å². The van der Waals surface area contributed by atoms with Crippen LogP contribution in [0.25, 0.3) is 0 Å². The Labute approximate surface area is 119 Å². The highest BCUT2D eigenvalue weighted by Crippen LogP contribution is 2.33. The number of hydrogen-bond donors (Lipinski definition) is 1. The zero-order chi connectivity index (χ0) is 14.0. The predicted molar refractivity (Wildman–Crippen MR) is 80.0 cm³/mol. The second kappa shape index (κ2) is 5.64. The van der Waals surface area contributed by atoms with Crippen LogP contribution >= 0.6 is 11.6 Å². The summed E-state index contributed by atoms with van der Waals surface area (Å²) >= 11 is 6.35. The second-order valence-corrected chi connectivity index (χ2v) is 5.08. The molecule has 19 heavy (non-hydrogen) atoms. The highest BCUT2D eigenvalue weighted by atomic mass is 35.5. The summed E-state index contributed by atoms with van der Waals surface area (Å²) in [7, 11) is 1.65. The average Bonchev–Trinajstić information content (AvgIpc) is 2.41. The molecule has 0 fully saturated rings. The number of aryl methyl sites for hydroxylation is 2. The molecule has 0 spiro atoms. The fourth-order valence-corrected chi connectivity index (χ4v) is 2.42. The van der Waals surface area contributed by atoms with Gasteiger partial charge in [-0.1, -0.05) is 47.5 Å². The maximum atomic E-state index is 6.37. The van der Waals surface area contributed by atoms with Gasteiger partial charge in [0, 0.05) is 10.6 Å². The number of halogens is 1. The average molecular weight is 276 g/mol. The van der Waals surface area contributed by atoms with Crippen molar-refractivity contribution in [1.82, 2.24) is 0 Å². The number of ether oxygens (including phenoxy) is 1. The van der Waals surface area contributed by atoms with Crippen LogP contribution in [0.5, 0.6) is 5.75 Å². The molecule has 2 aromatic carbocycles. The minimum atomic E-state index is -0.290. The van der Waals surface area contributed by atoms with Crippen LogP contribution in [0.15, 0.2) is 36.4 Å². The van der Waals surface area contributed by atoms with Crippen LogP contribution in [0, 0.1) is 13.8 Å². The zero-order valence-electron chi connectivity index (χ0n) is 11.4. The molecule has 0 bridgehead atoms. The molecule has 0 aliphatic carbocycles. The minimum absolute atomic E-state index is 0.290. The van der Waals surface area contributed by atoms with Crippen molar-refractivity contribution in [3.63, 3.8) is 0 Å². The molecule has 2 N–H and O–H groups in total. The molecule has 0 saturated carbocycles. The fourth-order valence-electron chi connectivity index (χ4n) is 2.17. The highest BCUT2D eigenvalue weighted by molar-refractivity contribution is 6.32. The molecule has 0 aliphatic heterocycles. The molecule has 0 radical (unpaired) electrons. The van der Waals surface area contributed by atoms with Crippen LogP contribution in [0.4, 0.5) is 0 Å². The minimum Gasteiger partial charge on any atom is -0.496 e. The van der Waals surface area contributed by atoms with Crippen LogP contribution in [0.1, 0.15) is 28.3 Å². The lowest BCUT2D eigenvalue weighted by atomic mass is 9.96. The quantitative estimate of drug-likeness (QED) is 0.918. The smallest absolute Gasteiger partial charge is 0.123 e. The van der Waals surface area contributed by atoms with E-state index in [1.54, 1.807) is 7.11 Å². The van der Waals surface area contributed by atoms with E-state index < -0.39 is 0 Å². The van der Waals surface area contributed by atoms with E-state index in [0.717, 1.165) is 33.0 Å². The van der Waals surface area contributed by atoms with Crippen molar-refractivity contribution in [2.24, 2.45) is 5.73 Å². The lowest BCUT2D eigenvalue weighted by molar-refractivity contribution is 0.407. The van der Waals surface area contributed by atoms with Crippen molar-refractivity contribution < 1.29 is 4.74 Å². The maximum absolute atomic E-state index is 6.37. The van der Waals surface area contributed by atoms with Gasteiger partial charge in [-0.25, -0.2) is 0 Å². The van der Waals surface area contributed by atoms with E-state index in [0.29, 0.717) is 0 Å². The summed E-state index contributed by atoms with van der Waals surface area (Å²) in [5.41, 5.74) is 10.4. The molecule has 0 aromatic heterocycles. The molecule has 2 nitrogen and oxygen atoms in total. The summed E-state index contributed by atoms with van der Waals surface area (Å²) in [6.07, 6.45) is 0. The molecule has 0 saturated heterocycles. The molecule has 100 valence electrons. The van der Waals surface area contributed by atoms with E-state index in [1.807, 2.05) is 50.2 Å². The normalized spacial score (nSPS) is 12.3. The summed E-state index contributed by atoms with van der Waals surface area (Å²) in [4.78, 5) is 0. The van der Waals surface area contributed by atoms with Gasteiger partial charge >= 0.3 is 0 Å². The first kappa shape index (κ1) is 13.9. The van der Waals surface area contributed by atoms with Crippen molar-refractivity contribution >= 4 is 11.6 Å². The van der Waals surface area contributed by atoms with Crippen molar-refractivity contribution in [2.75, 3.05) is 7.11 Å². The van der Waals surface area contributed by atoms with Gasteiger partial charge in [-0.05, 0) is 31.0 Å². The molecule has 0 heterocycles. The van der Waals surface area contributed by atoms with Gasteiger partial charge in [-0.3, -0.25) is 0 Å². The number of nitrogens with two attached hydrogens (primary N) is 1. The van der Waals surface area contributed by atoms with Gasteiger partial charge in [0.1, 0.15) is 5.75 Å². The predicted octanol–water partition coefficient (Wildman–Crippen LogP) is 4.01. The van der Waals surface area contributed by atoms with Crippen LogP contribution < -0.4 is 10.5 Å². The van der Waals surface area contributed by atoms with Crippen molar-refractivity contribution in [1.29, 1.82) is 0 Å². The number of hydrogen-bond acceptors (Lipinski definition) is 2. The largest absolute Gasteiger partial charge is 0.496 e. The van der Waals surface area contributed by atoms with Gasteiger partial charge in [-0.15, -0.1) is 0 Å². The van der Waals surface area contributed by atoms with Crippen molar-refractivity contribution in [3.05, 3.63) is 63.7 Å². The molecule has 1 atom stereocenters. The first-order valence-corrected chi connectivity index (χ1v) is 6.57. The number of methoxy groups -OCH3 is 1. The highest BCUT2D eigenvalue weighted by Gasteiger charge is 2.17. The van der Waals surface area contributed by atoms with Gasteiger partial charge in [0.25, 0.3) is 0 Å². The van der Waals surface area contributed by atoms with Crippen molar-refractivity contribution in [2.45, 2.75) is 19.9 Å². The van der Waals surface area contributed by atoms with Crippen LogP contribution in [-0.2, 0) is 0 Å². The van der Waals surface area contributed by atoms with Crippen LogP contribution in [0.2, 0.25) is 5.02 Å². The molecule has 2 rings (SSSR count). The number of benzene rings is 2. The lowest BCUT2D eigenvalue weighted by Crippen LogP contribution is -2.14. The second-order valence-electron chi connectivity index (χ2n) is 4.70. The van der Waals surface area contributed by atoms with Gasteiger partial charge in [0.15, 0.2) is 0 Å². The zero-order valence-corrected chi connectivity index (χ0v) is 12.2. The maximum Gasteiger partial charge on any atom is 0.123 e. The topological polar surface area (TPSA) is 35.2 Å². The van der Waals surface area contributed by atoms with E-state index in [1.165, 1.54) is 0 Å². The first-order valence-electron chi connectivity index (χ1n) is 6.19. The summed E-state index contributed by atoms with van der Waals surface area (Å²) < 4.78 is 5.39. The fraction of sp³-hybridized carbons (Fsp3) is 0.250. The standard InChI is InChI=1S/C16H18ClNO/c1-10-7-8-14(19-3)13(9-10)16(18)12-6-4-5-11(2)15(12)17/h4-9,16H,18H2,1-3H3. The third-order valence-electron chi connectivity index (χ3n) is 3.28.